The normalized spacial score (nSPS) is 19.7. The van der Waals surface area contributed by atoms with Gasteiger partial charge in [-0.3, -0.25) is 14.5 Å². The number of methoxy groups -OCH3 is 2. The SMILES string of the molecule is COc1ccc(/C=N/c2nc3[nH]nc(C)n3c(=O)c2S(=O)(=O)NN2C(=O)C(CN3CCN(C)CC3)SC2c2ccc(OC)cc2)cc1. The molecule has 4 aromatic rings. The number of amides is 1. The first-order valence-corrected chi connectivity index (χ1v) is 17.2. The number of carbonyl (C=O) groups excluding carboxylic acids is 1. The molecule has 17 heteroatoms. The van der Waals surface area contributed by atoms with Gasteiger partial charge in [-0.2, -0.15) is 10.1 Å². The number of benzene rings is 2. The molecule has 2 unspecified atom stereocenters. The molecule has 1 amide bonds. The number of ether oxygens (including phenoxy) is 2. The van der Waals surface area contributed by atoms with E-state index in [9.17, 15) is 18.0 Å². The maximum atomic E-state index is 14.2. The summed E-state index contributed by atoms with van der Waals surface area (Å²) in [6, 6.07) is 14.0. The van der Waals surface area contributed by atoms with Crippen molar-refractivity contribution in [3.63, 3.8) is 0 Å². The van der Waals surface area contributed by atoms with Gasteiger partial charge < -0.3 is 14.4 Å². The second kappa shape index (κ2) is 13.4. The predicted molar refractivity (Wildman–Crippen MR) is 177 cm³/mol. The van der Waals surface area contributed by atoms with Gasteiger partial charge in [0.05, 0.1) is 14.2 Å². The highest BCUT2D eigenvalue weighted by atomic mass is 32.2. The van der Waals surface area contributed by atoms with E-state index >= 15 is 0 Å². The van der Waals surface area contributed by atoms with Crippen LogP contribution in [0, 0.1) is 6.92 Å². The van der Waals surface area contributed by atoms with E-state index in [1.165, 1.54) is 18.0 Å². The number of nitrogens with one attached hydrogen (secondary N) is 2. The first kappa shape index (κ1) is 32.6. The van der Waals surface area contributed by atoms with Crippen molar-refractivity contribution < 1.29 is 22.7 Å². The summed E-state index contributed by atoms with van der Waals surface area (Å²) >= 11 is 1.35. The molecule has 2 saturated heterocycles. The molecule has 0 radical (unpaired) electrons. The van der Waals surface area contributed by atoms with Crippen LogP contribution in [0.15, 0.2) is 63.2 Å². The summed E-state index contributed by atoms with van der Waals surface area (Å²) in [5, 5.41) is 6.47. The number of fused-ring (bicyclic) bond motifs is 1. The standard InChI is InChI=1S/C30H35N9O6S2/c1-19-33-34-30-32-26(31-17-20-5-9-22(44-3)10-6-20)25(28(41)38(19)30)47(42,43)35-39-27(40)24(18-37-15-13-36(2)14-16-37)46-29(39)21-7-11-23(45-4)12-8-21/h5-12,17,24,29,35H,13-16,18H2,1-4H3,(H,32,34)/b31-17+. The van der Waals surface area contributed by atoms with Gasteiger partial charge in [-0.15, -0.1) is 16.6 Å². The highest BCUT2D eigenvalue weighted by molar-refractivity contribution is 8.01. The summed E-state index contributed by atoms with van der Waals surface area (Å²) in [5.74, 6) is 0.684. The zero-order chi connectivity index (χ0) is 33.3. The number of rotatable bonds is 10. The van der Waals surface area contributed by atoms with Crippen molar-refractivity contribution >= 4 is 45.5 Å². The number of hydrazine groups is 1. The Balaban J connectivity index is 1.38. The number of aromatic amines is 1. The van der Waals surface area contributed by atoms with E-state index in [0.717, 1.165) is 35.6 Å². The van der Waals surface area contributed by atoms with Crippen molar-refractivity contribution in [3.05, 3.63) is 75.8 Å². The Labute approximate surface area is 275 Å². The van der Waals surface area contributed by atoms with Gasteiger partial charge in [0.2, 0.25) is 5.78 Å². The highest BCUT2D eigenvalue weighted by Gasteiger charge is 2.45. The molecule has 2 aromatic carbocycles. The lowest BCUT2D eigenvalue weighted by Crippen LogP contribution is -2.50. The van der Waals surface area contributed by atoms with Crippen LogP contribution in [-0.4, -0.2) is 114 Å². The van der Waals surface area contributed by atoms with Gasteiger partial charge in [0.1, 0.15) is 27.9 Å². The Bertz CT molecular complexity index is 1950. The quantitative estimate of drug-likeness (QED) is 0.233. The topological polar surface area (TPSA) is 167 Å². The molecule has 2 aromatic heterocycles. The lowest BCUT2D eigenvalue weighted by molar-refractivity contribution is -0.132. The molecule has 15 nitrogen and oxygen atoms in total. The molecule has 2 fully saturated rings. The molecule has 2 aliphatic heterocycles. The minimum absolute atomic E-state index is 0.0180. The molecule has 0 spiro atoms. The largest absolute Gasteiger partial charge is 0.497 e. The number of piperazine rings is 1. The number of carbonyl (C=O) groups is 1. The predicted octanol–water partition coefficient (Wildman–Crippen LogP) is 1.58. The molecule has 6 rings (SSSR count). The molecular formula is C30H35N9O6S2. The maximum Gasteiger partial charge on any atom is 0.283 e. The van der Waals surface area contributed by atoms with Gasteiger partial charge in [-0.25, -0.2) is 27.9 Å². The third kappa shape index (κ3) is 6.75. The fraction of sp³-hybridized carbons (Fsp3) is 0.367. The number of sulfonamides is 1. The average Bonchev–Trinajstić information content (AvgIpc) is 3.59. The Hall–Kier alpha value is -4.29. The summed E-state index contributed by atoms with van der Waals surface area (Å²) in [6.07, 6.45) is 1.39. The number of likely N-dealkylation sites (N-methyl/N-ethyl adjacent to an activating group) is 1. The van der Waals surface area contributed by atoms with E-state index in [4.69, 9.17) is 9.47 Å². The van der Waals surface area contributed by atoms with Crippen molar-refractivity contribution in [1.29, 1.82) is 0 Å². The molecule has 0 aliphatic carbocycles. The first-order valence-electron chi connectivity index (χ1n) is 14.8. The van der Waals surface area contributed by atoms with Crippen LogP contribution in [0.5, 0.6) is 11.5 Å². The second-order valence-corrected chi connectivity index (χ2v) is 14.1. The maximum absolute atomic E-state index is 14.2. The minimum atomic E-state index is -4.73. The fourth-order valence-corrected chi connectivity index (χ4v) is 8.10. The summed E-state index contributed by atoms with van der Waals surface area (Å²) in [7, 11) is 0.419. The number of hydrogen-bond donors (Lipinski definition) is 2. The Morgan fingerprint density at radius 1 is 1.02 bits per heavy atom. The average molecular weight is 682 g/mol. The lowest BCUT2D eigenvalue weighted by Gasteiger charge is -2.33. The van der Waals surface area contributed by atoms with E-state index in [1.54, 1.807) is 69.7 Å². The van der Waals surface area contributed by atoms with Crippen LogP contribution in [0.1, 0.15) is 22.3 Å². The summed E-state index contributed by atoms with van der Waals surface area (Å²) in [5.41, 5.74) is 0.383. The van der Waals surface area contributed by atoms with E-state index in [0.29, 0.717) is 29.2 Å². The van der Waals surface area contributed by atoms with Crippen LogP contribution in [0.25, 0.3) is 5.78 Å². The Kier molecular flexibility index (Phi) is 9.34. The van der Waals surface area contributed by atoms with Crippen LogP contribution in [-0.2, 0) is 14.8 Å². The van der Waals surface area contributed by atoms with Crippen LogP contribution >= 0.6 is 11.8 Å². The molecule has 0 saturated carbocycles. The zero-order valence-corrected chi connectivity index (χ0v) is 27.9. The molecule has 2 aliphatic rings. The smallest absolute Gasteiger partial charge is 0.283 e. The first-order chi connectivity index (χ1) is 22.6. The number of H-pyrrole nitrogens is 1. The van der Waals surface area contributed by atoms with E-state index in [1.807, 2.05) is 0 Å². The number of nitrogens with zero attached hydrogens (tertiary/aromatic N) is 7. The van der Waals surface area contributed by atoms with Gasteiger partial charge >= 0.3 is 0 Å². The molecule has 2 N–H and O–H groups in total. The summed E-state index contributed by atoms with van der Waals surface area (Å²) in [4.78, 5) is 42.6. The Morgan fingerprint density at radius 2 is 1.66 bits per heavy atom. The van der Waals surface area contributed by atoms with Crippen LogP contribution < -0.4 is 19.9 Å². The van der Waals surface area contributed by atoms with Crippen molar-refractivity contribution in [3.8, 4) is 11.5 Å². The second-order valence-electron chi connectivity index (χ2n) is 11.2. The number of thioether (sulfide) groups is 1. The van der Waals surface area contributed by atoms with Gasteiger partial charge in [0.15, 0.2) is 10.7 Å². The summed E-state index contributed by atoms with van der Waals surface area (Å²) < 4.78 is 40.0. The zero-order valence-electron chi connectivity index (χ0n) is 26.3. The summed E-state index contributed by atoms with van der Waals surface area (Å²) in [6.45, 7) is 5.32. The van der Waals surface area contributed by atoms with Crippen molar-refractivity contribution in [2.24, 2.45) is 4.99 Å². The highest BCUT2D eigenvalue weighted by Crippen LogP contribution is 2.43. The number of hydrogen-bond acceptors (Lipinski definition) is 12. The van der Waals surface area contributed by atoms with Crippen molar-refractivity contribution in [1.82, 2.24) is 39.2 Å². The molecular weight excluding hydrogens is 647 g/mol. The third-order valence-electron chi connectivity index (χ3n) is 8.07. The number of aliphatic imine (C=N–C) groups is 1. The van der Waals surface area contributed by atoms with Crippen LogP contribution in [0.4, 0.5) is 5.82 Å². The lowest BCUT2D eigenvalue weighted by atomic mass is 10.2. The van der Waals surface area contributed by atoms with Gasteiger partial charge in [0, 0.05) is 38.9 Å². The molecule has 4 heterocycles. The van der Waals surface area contributed by atoms with Crippen LogP contribution in [0.3, 0.4) is 0 Å². The van der Waals surface area contributed by atoms with Gasteiger partial charge in [-0.1, -0.05) is 12.1 Å². The van der Waals surface area contributed by atoms with Crippen LogP contribution in [0.2, 0.25) is 0 Å². The van der Waals surface area contributed by atoms with E-state index in [-0.39, 0.29) is 17.4 Å². The monoisotopic (exact) mass is 681 g/mol. The van der Waals surface area contributed by atoms with E-state index in [2.05, 4.69) is 41.9 Å². The van der Waals surface area contributed by atoms with Gasteiger partial charge in [-0.05, 0) is 61.5 Å². The molecule has 47 heavy (non-hydrogen) atoms. The number of aromatic nitrogens is 4. The molecule has 2 atom stereocenters. The molecule has 248 valence electrons. The fourth-order valence-electron chi connectivity index (χ4n) is 5.39. The van der Waals surface area contributed by atoms with Crippen molar-refractivity contribution in [2.75, 3.05) is 54.0 Å². The minimum Gasteiger partial charge on any atom is -0.497 e. The van der Waals surface area contributed by atoms with Gasteiger partial charge in [0.25, 0.3) is 21.5 Å². The van der Waals surface area contributed by atoms with E-state index < -0.39 is 37.0 Å². The number of aryl methyl sites for hydroxylation is 1. The Morgan fingerprint density at radius 3 is 2.30 bits per heavy atom. The molecule has 0 bridgehead atoms. The third-order valence-corrected chi connectivity index (χ3v) is 10.8. The van der Waals surface area contributed by atoms with Crippen molar-refractivity contribution in [2.45, 2.75) is 22.4 Å².